The van der Waals surface area contributed by atoms with Crippen LogP contribution >= 0.6 is 0 Å². The van der Waals surface area contributed by atoms with Gasteiger partial charge in [-0.2, -0.15) is 0 Å². The molecule has 0 radical (unpaired) electrons. The number of rotatable bonds is 5. The van der Waals surface area contributed by atoms with Crippen LogP contribution in [0.25, 0.3) is 6.08 Å². The fraction of sp³-hybridized carbons (Fsp3) is 0.125. The van der Waals surface area contributed by atoms with Gasteiger partial charge in [0.1, 0.15) is 5.76 Å². The Morgan fingerprint density at radius 2 is 1.95 bits per heavy atom. The molecule has 0 saturated heterocycles. The summed E-state index contributed by atoms with van der Waals surface area (Å²) in [6.45, 7) is 0. The van der Waals surface area contributed by atoms with E-state index in [2.05, 4.69) is 5.32 Å². The first-order chi connectivity index (χ1) is 10.2. The van der Waals surface area contributed by atoms with Crippen LogP contribution in [0.1, 0.15) is 17.4 Å². The molecule has 0 fully saturated rings. The standard InChI is InChI=1S/C16H15NO4/c1-20-16(19)15(12-6-3-2-4-7-12)17-14(18)10-9-13-8-5-11-21-13/h2-11,15H,1H3,(H,17,18)/b10-9-/t15-/m1/s1. The molecular formula is C16H15NO4. The highest BCUT2D eigenvalue weighted by atomic mass is 16.5. The predicted octanol–water partition coefficient (Wildman–Crippen LogP) is 2.32. The van der Waals surface area contributed by atoms with E-state index < -0.39 is 17.9 Å². The summed E-state index contributed by atoms with van der Waals surface area (Å²) in [5.74, 6) is -0.383. The van der Waals surface area contributed by atoms with Crippen molar-refractivity contribution in [3.05, 3.63) is 66.1 Å². The number of nitrogens with one attached hydrogen (secondary N) is 1. The van der Waals surface area contributed by atoms with Crippen molar-refractivity contribution in [2.45, 2.75) is 6.04 Å². The van der Waals surface area contributed by atoms with Gasteiger partial charge in [-0.15, -0.1) is 0 Å². The fourth-order valence-corrected chi connectivity index (χ4v) is 1.78. The molecular weight excluding hydrogens is 270 g/mol. The van der Waals surface area contributed by atoms with Gasteiger partial charge in [0.2, 0.25) is 5.91 Å². The van der Waals surface area contributed by atoms with Crippen LogP contribution in [0.2, 0.25) is 0 Å². The van der Waals surface area contributed by atoms with Crippen molar-refractivity contribution < 1.29 is 18.7 Å². The number of methoxy groups -OCH3 is 1. The molecule has 108 valence electrons. The molecule has 1 heterocycles. The van der Waals surface area contributed by atoms with Gasteiger partial charge >= 0.3 is 5.97 Å². The van der Waals surface area contributed by atoms with E-state index in [1.807, 2.05) is 6.07 Å². The van der Waals surface area contributed by atoms with Crippen molar-refractivity contribution in [3.8, 4) is 0 Å². The van der Waals surface area contributed by atoms with Crippen molar-refractivity contribution >= 4 is 18.0 Å². The van der Waals surface area contributed by atoms with Crippen LogP contribution in [0.5, 0.6) is 0 Å². The van der Waals surface area contributed by atoms with E-state index in [0.29, 0.717) is 11.3 Å². The quantitative estimate of drug-likeness (QED) is 0.676. The van der Waals surface area contributed by atoms with E-state index in [1.54, 1.807) is 36.4 Å². The SMILES string of the molecule is COC(=O)[C@H](NC(=O)/C=C\c1ccco1)c1ccccc1. The highest BCUT2D eigenvalue weighted by molar-refractivity contribution is 5.94. The zero-order valence-electron chi connectivity index (χ0n) is 11.5. The molecule has 1 aromatic heterocycles. The summed E-state index contributed by atoms with van der Waals surface area (Å²) in [5.41, 5.74) is 0.657. The number of hydrogen-bond acceptors (Lipinski definition) is 4. The van der Waals surface area contributed by atoms with Gasteiger partial charge in [0.15, 0.2) is 6.04 Å². The maximum atomic E-state index is 11.9. The molecule has 5 nitrogen and oxygen atoms in total. The van der Waals surface area contributed by atoms with Crippen molar-refractivity contribution in [1.82, 2.24) is 5.32 Å². The summed E-state index contributed by atoms with van der Waals surface area (Å²) in [6, 6.07) is 11.5. The molecule has 0 saturated carbocycles. The lowest BCUT2D eigenvalue weighted by Gasteiger charge is -2.15. The molecule has 1 atom stereocenters. The van der Waals surface area contributed by atoms with Crippen molar-refractivity contribution in [3.63, 3.8) is 0 Å². The Morgan fingerprint density at radius 3 is 2.57 bits per heavy atom. The number of furan rings is 1. The lowest BCUT2D eigenvalue weighted by molar-refractivity contribution is -0.144. The third-order valence-corrected chi connectivity index (χ3v) is 2.80. The molecule has 1 amide bonds. The van der Waals surface area contributed by atoms with Crippen LogP contribution in [0.4, 0.5) is 0 Å². The number of ether oxygens (including phenoxy) is 1. The summed E-state index contributed by atoms with van der Waals surface area (Å²) in [6.07, 6.45) is 4.34. The van der Waals surface area contributed by atoms with Gasteiger partial charge in [-0.25, -0.2) is 4.79 Å². The molecule has 1 N–H and O–H groups in total. The predicted molar refractivity (Wildman–Crippen MR) is 77.1 cm³/mol. The molecule has 0 unspecified atom stereocenters. The molecule has 21 heavy (non-hydrogen) atoms. The second kappa shape index (κ2) is 7.09. The average Bonchev–Trinajstić information content (AvgIpc) is 3.04. The third-order valence-electron chi connectivity index (χ3n) is 2.80. The number of hydrogen-bond donors (Lipinski definition) is 1. The van der Waals surface area contributed by atoms with Crippen LogP contribution < -0.4 is 5.32 Å². The van der Waals surface area contributed by atoms with Gasteiger partial charge < -0.3 is 14.5 Å². The van der Waals surface area contributed by atoms with Crippen molar-refractivity contribution in [1.29, 1.82) is 0 Å². The first-order valence-corrected chi connectivity index (χ1v) is 6.35. The largest absolute Gasteiger partial charge is 0.467 e. The maximum Gasteiger partial charge on any atom is 0.333 e. The second-order valence-corrected chi connectivity index (χ2v) is 4.22. The van der Waals surface area contributed by atoms with Gasteiger partial charge in [-0.3, -0.25) is 4.79 Å². The second-order valence-electron chi connectivity index (χ2n) is 4.22. The Balaban J connectivity index is 2.08. The van der Waals surface area contributed by atoms with E-state index in [9.17, 15) is 9.59 Å². The molecule has 0 aliphatic heterocycles. The van der Waals surface area contributed by atoms with Crippen LogP contribution in [0.15, 0.2) is 59.2 Å². The van der Waals surface area contributed by atoms with Crippen LogP contribution in [-0.4, -0.2) is 19.0 Å². The minimum absolute atomic E-state index is 0.411. The Hall–Kier alpha value is -2.82. The van der Waals surface area contributed by atoms with Crippen LogP contribution in [0.3, 0.4) is 0 Å². The Bertz CT molecular complexity index is 617. The average molecular weight is 285 g/mol. The zero-order chi connectivity index (χ0) is 15.1. The van der Waals surface area contributed by atoms with E-state index in [0.717, 1.165) is 0 Å². The highest BCUT2D eigenvalue weighted by Gasteiger charge is 2.22. The van der Waals surface area contributed by atoms with E-state index in [4.69, 9.17) is 9.15 Å². The lowest BCUT2D eigenvalue weighted by atomic mass is 10.1. The topological polar surface area (TPSA) is 68.5 Å². The first-order valence-electron chi connectivity index (χ1n) is 6.35. The van der Waals surface area contributed by atoms with Gasteiger partial charge in [0.25, 0.3) is 0 Å². The van der Waals surface area contributed by atoms with E-state index in [1.165, 1.54) is 25.5 Å². The number of benzene rings is 1. The number of carbonyl (C=O) groups is 2. The Morgan fingerprint density at radius 1 is 1.19 bits per heavy atom. The summed E-state index contributed by atoms with van der Waals surface area (Å²) in [5, 5.41) is 2.60. The van der Waals surface area contributed by atoms with Gasteiger partial charge in [0, 0.05) is 6.08 Å². The highest BCUT2D eigenvalue weighted by Crippen LogP contribution is 2.14. The molecule has 0 aliphatic carbocycles. The zero-order valence-corrected chi connectivity index (χ0v) is 11.5. The maximum absolute atomic E-state index is 11.9. The van der Waals surface area contributed by atoms with Gasteiger partial charge in [-0.05, 0) is 23.8 Å². The van der Waals surface area contributed by atoms with Crippen LogP contribution in [-0.2, 0) is 14.3 Å². The molecule has 0 bridgehead atoms. The van der Waals surface area contributed by atoms with Crippen LogP contribution in [0, 0.1) is 0 Å². The van der Waals surface area contributed by atoms with E-state index >= 15 is 0 Å². The number of esters is 1. The fourth-order valence-electron chi connectivity index (χ4n) is 1.78. The minimum Gasteiger partial charge on any atom is -0.467 e. The summed E-state index contributed by atoms with van der Waals surface area (Å²) in [7, 11) is 1.28. The number of carbonyl (C=O) groups excluding carboxylic acids is 2. The summed E-state index contributed by atoms with van der Waals surface area (Å²) >= 11 is 0. The van der Waals surface area contributed by atoms with Gasteiger partial charge in [-0.1, -0.05) is 30.3 Å². The Kier molecular flexibility index (Phi) is 4.93. The van der Waals surface area contributed by atoms with Crippen molar-refractivity contribution in [2.75, 3.05) is 7.11 Å². The third kappa shape index (κ3) is 4.07. The molecule has 0 aliphatic rings. The molecule has 0 spiro atoms. The molecule has 2 rings (SSSR count). The van der Waals surface area contributed by atoms with Crippen molar-refractivity contribution in [2.24, 2.45) is 0 Å². The molecule has 2 aromatic rings. The van der Waals surface area contributed by atoms with Gasteiger partial charge in [0.05, 0.1) is 13.4 Å². The summed E-state index contributed by atoms with van der Waals surface area (Å²) in [4.78, 5) is 23.7. The first kappa shape index (κ1) is 14.6. The molecule has 5 heteroatoms. The smallest absolute Gasteiger partial charge is 0.333 e. The molecule has 1 aromatic carbocycles. The normalized spacial score (nSPS) is 12.0. The van der Waals surface area contributed by atoms with E-state index in [-0.39, 0.29) is 0 Å². The summed E-state index contributed by atoms with van der Waals surface area (Å²) < 4.78 is 9.81. The number of amides is 1. The minimum atomic E-state index is -0.843. The monoisotopic (exact) mass is 285 g/mol. The Labute approximate surface area is 122 Å². The lowest BCUT2D eigenvalue weighted by Crippen LogP contribution is -2.33.